The van der Waals surface area contributed by atoms with E-state index in [1.54, 1.807) is 0 Å². The van der Waals surface area contributed by atoms with Gasteiger partial charge in [0.1, 0.15) is 9.80 Å². The van der Waals surface area contributed by atoms with Crippen LogP contribution in [-0.4, -0.2) is 60.8 Å². The zero-order valence-corrected chi connectivity index (χ0v) is 24.3. The third kappa shape index (κ3) is 3.53. The SMILES string of the molecule is CC1=C(S(=O)(=O)O)C2=C(C(=O)c3ccccc3C2=O)C2=Nc3c(C)c(S(=O)(=O)O)c4c(c3NC21)C(=O)c1ccccc1C4=O. The largest absolute Gasteiger partial charge is 0.371 e. The summed E-state index contributed by atoms with van der Waals surface area (Å²) in [6.45, 7) is 2.54. The lowest BCUT2D eigenvalue weighted by Crippen LogP contribution is -2.44. The molecular weight excluding hydrogens is 612 g/mol. The summed E-state index contributed by atoms with van der Waals surface area (Å²) in [5.74, 6) is -3.25. The van der Waals surface area contributed by atoms with Gasteiger partial charge in [-0.2, -0.15) is 16.8 Å². The average Bonchev–Trinajstić information content (AvgIpc) is 2.96. The topological polar surface area (TPSA) is 201 Å². The fraction of sp³-hybridized carbons (Fsp3) is 0.100. The smallest absolute Gasteiger partial charge is 0.295 e. The first-order valence-electron chi connectivity index (χ1n) is 13.0. The van der Waals surface area contributed by atoms with Crippen LogP contribution in [0.5, 0.6) is 0 Å². The normalized spacial score (nSPS) is 18.9. The summed E-state index contributed by atoms with van der Waals surface area (Å²) in [6, 6.07) is 10.1. The number of anilines is 1. The first-order chi connectivity index (χ1) is 20.6. The summed E-state index contributed by atoms with van der Waals surface area (Å²) in [4.78, 5) is 58.0. The summed E-state index contributed by atoms with van der Waals surface area (Å²) >= 11 is 0. The van der Waals surface area contributed by atoms with E-state index in [9.17, 15) is 45.1 Å². The van der Waals surface area contributed by atoms with Crippen LogP contribution in [0.1, 0.15) is 65.0 Å². The van der Waals surface area contributed by atoms with Crippen molar-refractivity contribution in [2.45, 2.75) is 24.8 Å². The van der Waals surface area contributed by atoms with Crippen LogP contribution in [0.4, 0.5) is 11.4 Å². The minimum absolute atomic E-state index is 0.0434. The number of rotatable bonds is 2. The van der Waals surface area contributed by atoms with Crippen molar-refractivity contribution in [1.29, 1.82) is 0 Å². The van der Waals surface area contributed by atoms with Gasteiger partial charge in [-0.15, -0.1) is 0 Å². The standard InChI is InChI=1S/C30H18N2O10S2/c1-11-21-23(17-19(29(11)43(37,38)39)27(35)15-9-5-3-7-13(15)25(17)33)32-22-12(2)30(44(40,41)42)20-18(24(22)31-21)26(34)14-8-4-6-10-16(14)28(20)36/h3-10,21,31H,1-2H3,(H,37,38,39)(H,40,41,42). The highest BCUT2D eigenvalue weighted by Crippen LogP contribution is 2.50. The maximum absolute atomic E-state index is 13.9. The number of hydrogen-bond acceptors (Lipinski definition) is 10. The van der Waals surface area contributed by atoms with E-state index >= 15 is 0 Å². The molecule has 3 N–H and O–H groups in total. The summed E-state index contributed by atoms with van der Waals surface area (Å²) in [5.41, 5.74) is -3.25. The van der Waals surface area contributed by atoms with E-state index in [0.717, 1.165) is 0 Å². The number of ketones is 4. The molecule has 1 aliphatic heterocycles. The lowest BCUT2D eigenvalue weighted by atomic mass is 9.74. The Morgan fingerprint density at radius 1 is 0.682 bits per heavy atom. The lowest BCUT2D eigenvalue weighted by molar-refractivity contribution is 0.0977. The van der Waals surface area contributed by atoms with Crippen molar-refractivity contribution in [3.63, 3.8) is 0 Å². The van der Waals surface area contributed by atoms with Crippen LogP contribution < -0.4 is 5.32 Å². The van der Waals surface area contributed by atoms with Crippen molar-refractivity contribution in [2.75, 3.05) is 5.32 Å². The molecule has 0 bridgehead atoms. The van der Waals surface area contributed by atoms with Crippen molar-refractivity contribution >= 4 is 60.5 Å². The molecule has 1 heterocycles. The minimum atomic E-state index is -5.14. The van der Waals surface area contributed by atoms with Crippen LogP contribution in [0.15, 0.2) is 80.0 Å². The second-order valence-corrected chi connectivity index (χ2v) is 13.3. The molecule has 0 saturated carbocycles. The third-order valence-electron chi connectivity index (χ3n) is 8.24. The molecule has 0 saturated heterocycles. The highest BCUT2D eigenvalue weighted by atomic mass is 32.2. The maximum atomic E-state index is 13.9. The van der Waals surface area contributed by atoms with Gasteiger partial charge in [-0.1, -0.05) is 48.5 Å². The Bertz CT molecular complexity index is 2350. The lowest BCUT2D eigenvalue weighted by Gasteiger charge is -2.38. The number of hydrogen-bond donors (Lipinski definition) is 3. The average molecular weight is 631 g/mol. The number of aliphatic imine (C=N–C) groups is 1. The summed E-state index contributed by atoms with van der Waals surface area (Å²) in [6.07, 6.45) is 0. The maximum Gasteiger partial charge on any atom is 0.295 e. The van der Waals surface area contributed by atoms with Gasteiger partial charge in [0.05, 0.1) is 45.4 Å². The van der Waals surface area contributed by atoms with Crippen molar-refractivity contribution in [3.8, 4) is 0 Å². The van der Waals surface area contributed by atoms with Gasteiger partial charge < -0.3 is 5.32 Å². The Balaban J connectivity index is 1.61. The highest BCUT2D eigenvalue weighted by molar-refractivity contribution is 7.90. The molecule has 0 fully saturated rings. The van der Waals surface area contributed by atoms with Gasteiger partial charge in [0, 0.05) is 22.3 Å². The van der Waals surface area contributed by atoms with Gasteiger partial charge in [0.2, 0.25) is 0 Å². The number of fused-ring (bicyclic) bond motifs is 7. The van der Waals surface area contributed by atoms with Crippen molar-refractivity contribution in [1.82, 2.24) is 0 Å². The molecule has 3 aliphatic carbocycles. The third-order valence-corrected chi connectivity index (χ3v) is 10.3. The predicted octanol–water partition coefficient (Wildman–Crippen LogP) is 3.43. The number of Topliss-reactive ketones (excluding diaryl/α,β-unsaturated/α-hetero) is 2. The molecule has 1 atom stereocenters. The molecule has 3 aromatic carbocycles. The van der Waals surface area contributed by atoms with Crippen LogP contribution in [0.3, 0.4) is 0 Å². The quantitative estimate of drug-likeness (QED) is 0.274. The monoisotopic (exact) mass is 630 g/mol. The number of nitrogens with one attached hydrogen (secondary N) is 1. The molecule has 0 spiro atoms. The molecule has 0 aromatic heterocycles. The van der Waals surface area contributed by atoms with E-state index in [1.807, 2.05) is 0 Å². The van der Waals surface area contributed by atoms with E-state index in [0.29, 0.717) is 0 Å². The summed E-state index contributed by atoms with van der Waals surface area (Å²) < 4.78 is 71.5. The molecule has 7 rings (SSSR count). The number of carbonyl (C=O) groups excluding carboxylic acids is 4. The number of carbonyl (C=O) groups is 4. The minimum Gasteiger partial charge on any atom is -0.371 e. The molecule has 0 amide bonds. The van der Waals surface area contributed by atoms with E-state index in [2.05, 4.69) is 10.3 Å². The van der Waals surface area contributed by atoms with Crippen molar-refractivity contribution in [3.05, 3.63) is 109 Å². The van der Waals surface area contributed by atoms with E-state index in [-0.39, 0.29) is 50.5 Å². The highest BCUT2D eigenvalue weighted by Gasteiger charge is 2.49. The number of allylic oxidation sites excluding steroid dienone is 1. The molecule has 1 unspecified atom stereocenters. The van der Waals surface area contributed by atoms with E-state index < -0.39 is 81.5 Å². The van der Waals surface area contributed by atoms with Gasteiger partial charge in [0.15, 0.2) is 23.1 Å². The Hall–Kier alpha value is -4.89. The van der Waals surface area contributed by atoms with Gasteiger partial charge in [-0.3, -0.25) is 28.3 Å². The molecule has 3 aromatic rings. The molecule has 44 heavy (non-hydrogen) atoms. The van der Waals surface area contributed by atoms with Gasteiger partial charge in [-0.05, 0) is 25.0 Å². The molecule has 0 radical (unpaired) electrons. The Kier molecular flexibility index (Phi) is 5.60. The molecule has 4 aliphatic rings. The summed E-state index contributed by atoms with van der Waals surface area (Å²) in [7, 11) is -10.3. The van der Waals surface area contributed by atoms with E-state index in [1.165, 1.54) is 62.4 Å². The fourth-order valence-corrected chi connectivity index (χ4v) is 8.36. The van der Waals surface area contributed by atoms with Gasteiger partial charge >= 0.3 is 0 Å². The Morgan fingerprint density at radius 3 is 1.66 bits per heavy atom. The van der Waals surface area contributed by atoms with Crippen LogP contribution in [-0.2, 0) is 20.2 Å². The molecular formula is C30H18N2O10S2. The molecule has 220 valence electrons. The first kappa shape index (κ1) is 27.9. The van der Waals surface area contributed by atoms with Crippen LogP contribution in [0.25, 0.3) is 0 Å². The fourth-order valence-electron chi connectivity index (χ4n) is 6.44. The Morgan fingerprint density at radius 2 is 1.16 bits per heavy atom. The molecule has 14 heteroatoms. The van der Waals surface area contributed by atoms with Crippen LogP contribution in [0.2, 0.25) is 0 Å². The van der Waals surface area contributed by atoms with Crippen LogP contribution >= 0.6 is 0 Å². The first-order valence-corrected chi connectivity index (χ1v) is 15.9. The summed E-state index contributed by atoms with van der Waals surface area (Å²) in [5, 5.41) is 2.96. The second-order valence-electron chi connectivity index (χ2n) is 10.6. The number of benzene rings is 3. The van der Waals surface area contributed by atoms with Gasteiger partial charge in [-0.25, -0.2) is 4.99 Å². The molecule has 12 nitrogen and oxygen atoms in total. The van der Waals surface area contributed by atoms with Crippen molar-refractivity contribution < 1.29 is 45.1 Å². The van der Waals surface area contributed by atoms with Crippen molar-refractivity contribution in [2.24, 2.45) is 4.99 Å². The second kappa shape index (κ2) is 8.83. The van der Waals surface area contributed by atoms with E-state index in [4.69, 9.17) is 0 Å². The number of nitrogens with zero attached hydrogens (tertiary/aromatic N) is 1. The van der Waals surface area contributed by atoms with Crippen LogP contribution in [0, 0.1) is 6.92 Å². The van der Waals surface area contributed by atoms with Gasteiger partial charge in [0.25, 0.3) is 20.2 Å². The zero-order chi connectivity index (χ0) is 31.6. The Labute approximate surface area is 249 Å². The predicted molar refractivity (Wildman–Crippen MR) is 155 cm³/mol. The zero-order valence-electron chi connectivity index (χ0n) is 22.6.